The Labute approximate surface area is 113 Å². The summed E-state index contributed by atoms with van der Waals surface area (Å²) in [5.74, 6) is -0.132. The maximum absolute atomic E-state index is 12.3. The lowest BCUT2D eigenvalue weighted by Gasteiger charge is -2.16. The first-order valence-corrected chi connectivity index (χ1v) is 6.30. The average Bonchev–Trinajstić information content (AvgIpc) is 2.39. The van der Waals surface area contributed by atoms with Crippen molar-refractivity contribution in [1.82, 2.24) is 5.32 Å². The van der Waals surface area contributed by atoms with Crippen molar-refractivity contribution in [2.75, 3.05) is 5.73 Å². The highest BCUT2D eigenvalue weighted by molar-refractivity contribution is 6.00. The second-order valence-corrected chi connectivity index (χ2v) is 4.64. The third-order valence-electron chi connectivity index (χ3n) is 3.18. The SMILES string of the molecule is Cc1cccc(N)c1C(=O)N[C@H](C)c1ccccc1. The lowest BCUT2D eigenvalue weighted by Crippen LogP contribution is -2.28. The maximum atomic E-state index is 12.3. The minimum atomic E-state index is -0.132. The molecule has 0 heterocycles. The zero-order chi connectivity index (χ0) is 13.8. The van der Waals surface area contributed by atoms with Gasteiger partial charge in [-0.1, -0.05) is 42.5 Å². The largest absolute Gasteiger partial charge is 0.398 e. The van der Waals surface area contributed by atoms with Crippen LogP contribution in [0.2, 0.25) is 0 Å². The summed E-state index contributed by atoms with van der Waals surface area (Å²) in [6.45, 7) is 3.85. The van der Waals surface area contributed by atoms with Crippen LogP contribution < -0.4 is 11.1 Å². The summed E-state index contributed by atoms with van der Waals surface area (Å²) in [4.78, 5) is 12.3. The zero-order valence-electron chi connectivity index (χ0n) is 11.2. The van der Waals surface area contributed by atoms with Crippen LogP contribution in [0.4, 0.5) is 5.69 Å². The van der Waals surface area contributed by atoms with E-state index in [9.17, 15) is 4.79 Å². The monoisotopic (exact) mass is 254 g/mol. The van der Waals surface area contributed by atoms with Crippen molar-refractivity contribution in [2.24, 2.45) is 0 Å². The summed E-state index contributed by atoms with van der Waals surface area (Å²) in [6, 6.07) is 15.3. The van der Waals surface area contributed by atoms with Crippen LogP contribution in [-0.4, -0.2) is 5.91 Å². The van der Waals surface area contributed by atoms with E-state index in [0.29, 0.717) is 11.3 Å². The number of nitrogens with one attached hydrogen (secondary N) is 1. The predicted molar refractivity (Wildman–Crippen MR) is 77.9 cm³/mol. The molecule has 98 valence electrons. The van der Waals surface area contributed by atoms with Gasteiger partial charge in [0.15, 0.2) is 0 Å². The highest BCUT2D eigenvalue weighted by Crippen LogP contribution is 2.18. The van der Waals surface area contributed by atoms with Crippen molar-refractivity contribution >= 4 is 11.6 Å². The van der Waals surface area contributed by atoms with Gasteiger partial charge in [0.1, 0.15) is 0 Å². The van der Waals surface area contributed by atoms with Gasteiger partial charge in [-0.2, -0.15) is 0 Å². The minimum Gasteiger partial charge on any atom is -0.398 e. The van der Waals surface area contributed by atoms with E-state index in [1.807, 2.05) is 56.3 Å². The summed E-state index contributed by atoms with van der Waals surface area (Å²) < 4.78 is 0. The molecule has 2 rings (SSSR count). The fourth-order valence-electron chi connectivity index (χ4n) is 2.09. The van der Waals surface area contributed by atoms with E-state index in [1.54, 1.807) is 6.07 Å². The van der Waals surface area contributed by atoms with Crippen LogP contribution in [0.1, 0.15) is 34.5 Å². The Balaban J connectivity index is 2.18. The maximum Gasteiger partial charge on any atom is 0.254 e. The van der Waals surface area contributed by atoms with Crippen LogP contribution in [0.5, 0.6) is 0 Å². The van der Waals surface area contributed by atoms with Gasteiger partial charge in [0, 0.05) is 5.69 Å². The van der Waals surface area contributed by atoms with Crippen LogP contribution in [0, 0.1) is 6.92 Å². The van der Waals surface area contributed by atoms with Crippen LogP contribution in [0.3, 0.4) is 0 Å². The van der Waals surface area contributed by atoms with Crippen molar-refractivity contribution in [3.05, 3.63) is 65.2 Å². The van der Waals surface area contributed by atoms with Crippen LogP contribution in [-0.2, 0) is 0 Å². The first kappa shape index (κ1) is 13.1. The Morgan fingerprint density at radius 2 is 1.79 bits per heavy atom. The number of rotatable bonds is 3. The number of hydrogen-bond donors (Lipinski definition) is 2. The Morgan fingerprint density at radius 1 is 1.11 bits per heavy atom. The molecule has 0 radical (unpaired) electrons. The van der Waals surface area contributed by atoms with Gasteiger partial charge in [-0.05, 0) is 31.0 Å². The summed E-state index contributed by atoms with van der Waals surface area (Å²) in [5.41, 5.74) is 8.91. The smallest absolute Gasteiger partial charge is 0.254 e. The Morgan fingerprint density at radius 3 is 2.42 bits per heavy atom. The van der Waals surface area contributed by atoms with E-state index in [2.05, 4.69) is 5.32 Å². The van der Waals surface area contributed by atoms with E-state index in [1.165, 1.54) is 0 Å². The standard InChI is InChI=1S/C16H18N2O/c1-11-7-6-10-14(17)15(11)16(19)18-12(2)13-8-4-3-5-9-13/h3-10,12H,17H2,1-2H3,(H,18,19)/t12-/m1/s1. The van der Waals surface area contributed by atoms with Gasteiger partial charge >= 0.3 is 0 Å². The number of nitrogen functional groups attached to an aromatic ring is 1. The third-order valence-corrected chi connectivity index (χ3v) is 3.18. The molecule has 0 bridgehead atoms. The second kappa shape index (κ2) is 5.57. The summed E-state index contributed by atoms with van der Waals surface area (Å²) in [7, 11) is 0. The summed E-state index contributed by atoms with van der Waals surface area (Å²) >= 11 is 0. The van der Waals surface area contributed by atoms with Crippen molar-refractivity contribution in [1.29, 1.82) is 0 Å². The van der Waals surface area contributed by atoms with E-state index in [-0.39, 0.29) is 11.9 Å². The van der Waals surface area contributed by atoms with Crippen LogP contribution >= 0.6 is 0 Å². The number of aryl methyl sites for hydroxylation is 1. The number of carbonyl (C=O) groups excluding carboxylic acids is 1. The normalized spacial score (nSPS) is 11.9. The molecule has 2 aromatic rings. The molecule has 0 aliphatic rings. The van der Waals surface area contributed by atoms with Gasteiger partial charge in [-0.3, -0.25) is 4.79 Å². The zero-order valence-corrected chi connectivity index (χ0v) is 11.2. The lowest BCUT2D eigenvalue weighted by molar-refractivity contribution is 0.0940. The molecular formula is C16H18N2O. The van der Waals surface area contributed by atoms with Gasteiger partial charge < -0.3 is 11.1 Å². The first-order chi connectivity index (χ1) is 9.09. The van der Waals surface area contributed by atoms with Gasteiger partial charge in [0.2, 0.25) is 0 Å². The van der Waals surface area contributed by atoms with Gasteiger partial charge in [-0.15, -0.1) is 0 Å². The molecule has 2 aromatic carbocycles. The molecule has 0 spiro atoms. The Hall–Kier alpha value is -2.29. The van der Waals surface area contributed by atoms with E-state index in [0.717, 1.165) is 11.1 Å². The molecular weight excluding hydrogens is 236 g/mol. The van der Waals surface area contributed by atoms with Crippen molar-refractivity contribution in [2.45, 2.75) is 19.9 Å². The van der Waals surface area contributed by atoms with Crippen molar-refractivity contribution in [3.8, 4) is 0 Å². The Kier molecular flexibility index (Phi) is 3.85. The number of nitrogens with two attached hydrogens (primary N) is 1. The predicted octanol–water partition coefficient (Wildman–Crippen LogP) is 3.07. The third kappa shape index (κ3) is 2.94. The molecule has 0 unspecified atom stereocenters. The molecule has 3 heteroatoms. The molecule has 0 saturated carbocycles. The second-order valence-electron chi connectivity index (χ2n) is 4.64. The number of benzene rings is 2. The summed E-state index contributed by atoms with van der Waals surface area (Å²) in [5, 5.41) is 2.98. The molecule has 3 nitrogen and oxygen atoms in total. The van der Waals surface area contributed by atoms with Crippen LogP contribution in [0.15, 0.2) is 48.5 Å². The van der Waals surface area contributed by atoms with E-state index >= 15 is 0 Å². The lowest BCUT2D eigenvalue weighted by atomic mass is 10.0. The van der Waals surface area contributed by atoms with E-state index in [4.69, 9.17) is 5.73 Å². The fraction of sp³-hybridized carbons (Fsp3) is 0.188. The summed E-state index contributed by atoms with van der Waals surface area (Å²) in [6.07, 6.45) is 0. The van der Waals surface area contributed by atoms with Gasteiger partial charge in [0.05, 0.1) is 11.6 Å². The van der Waals surface area contributed by atoms with E-state index < -0.39 is 0 Å². The number of amides is 1. The molecule has 0 fully saturated rings. The van der Waals surface area contributed by atoms with Gasteiger partial charge in [-0.25, -0.2) is 0 Å². The average molecular weight is 254 g/mol. The van der Waals surface area contributed by atoms with Crippen LogP contribution in [0.25, 0.3) is 0 Å². The number of hydrogen-bond acceptors (Lipinski definition) is 2. The molecule has 0 aromatic heterocycles. The molecule has 19 heavy (non-hydrogen) atoms. The fourth-order valence-corrected chi connectivity index (χ4v) is 2.09. The Bertz CT molecular complexity index is 558. The molecule has 1 atom stereocenters. The quantitative estimate of drug-likeness (QED) is 0.827. The number of anilines is 1. The first-order valence-electron chi connectivity index (χ1n) is 6.30. The highest BCUT2D eigenvalue weighted by atomic mass is 16.1. The molecule has 3 N–H and O–H groups in total. The number of carbonyl (C=O) groups is 1. The highest BCUT2D eigenvalue weighted by Gasteiger charge is 2.15. The molecule has 0 aliphatic carbocycles. The molecule has 0 saturated heterocycles. The van der Waals surface area contributed by atoms with Crippen molar-refractivity contribution < 1.29 is 4.79 Å². The minimum absolute atomic E-state index is 0.0484. The topological polar surface area (TPSA) is 55.1 Å². The molecule has 1 amide bonds. The molecule has 0 aliphatic heterocycles. The van der Waals surface area contributed by atoms with Gasteiger partial charge in [0.25, 0.3) is 5.91 Å². The van der Waals surface area contributed by atoms with Crippen molar-refractivity contribution in [3.63, 3.8) is 0 Å².